The van der Waals surface area contributed by atoms with Crippen molar-refractivity contribution in [1.29, 1.82) is 0 Å². The van der Waals surface area contributed by atoms with Gasteiger partial charge in [0.25, 0.3) is 0 Å². The van der Waals surface area contributed by atoms with Crippen LogP contribution in [0.15, 0.2) is 24.3 Å². The molecule has 0 saturated carbocycles. The molecule has 1 aromatic carbocycles. The topological polar surface area (TPSA) is 61.9 Å². The molecule has 0 aliphatic carbocycles. The molecule has 2 saturated heterocycles. The van der Waals surface area contributed by atoms with Crippen molar-refractivity contribution in [3.8, 4) is 0 Å². The van der Waals surface area contributed by atoms with Crippen molar-refractivity contribution in [2.45, 2.75) is 19.0 Å². The maximum absolute atomic E-state index is 13.4. The molecule has 0 aromatic heterocycles. The molecule has 24 heavy (non-hydrogen) atoms. The molecule has 2 aliphatic rings. The summed E-state index contributed by atoms with van der Waals surface area (Å²) in [5, 5.41) is 2.82. The van der Waals surface area contributed by atoms with Crippen LogP contribution in [-0.4, -0.2) is 67.0 Å². The Bertz CT molecular complexity index is 604. The minimum atomic E-state index is -0.516. The molecule has 1 N–H and O–H groups in total. The van der Waals surface area contributed by atoms with Crippen LogP contribution in [-0.2, 0) is 20.9 Å². The molecule has 6 nitrogen and oxygen atoms in total. The molecular weight excluding hydrogens is 313 g/mol. The second-order valence-corrected chi connectivity index (χ2v) is 6.10. The molecule has 130 valence electrons. The van der Waals surface area contributed by atoms with Crippen molar-refractivity contribution in [3.05, 3.63) is 35.6 Å². The summed E-state index contributed by atoms with van der Waals surface area (Å²) in [4.78, 5) is 28.4. The molecule has 2 fully saturated rings. The van der Waals surface area contributed by atoms with E-state index in [0.29, 0.717) is 45.9 Å². The summed E-state index contributed by atoms with van der Waals surface area (Å²) in [6.07, 6.45) is 0.140. The maximum atomic E-state index is 13.4. The highest BCUT2D eigenvalue weighted by Gasteiger charge is 2.33. The molecule has 7 heteroatoms. The van der Waals surface area contributed by atoms with Gasteiger partial charge in [-0.1, -0.05) is 12.1 Å². The summed E-state index contributed by atoms with van der Waals surface area (Å²) in [6.45, 7) is 3.84. The van der Waals surface area contributed by atoms with Gasteiger partial charge >= 0.3 is 0 Å². The van der Waals surface area contributed by atoms with Gasteiger partial charge in [-0.15, -0.1) is 0 Å². The molecule has 2 amide bonds. The number of carbonyl (C=O) groups is 2. The van der Waals surface area contributed by atoms with Crippen LogP contribution in [0.1, 0.15) is 12.0 Å². The number of nitrogens with zero attached hydrogens (tertiary/aromatic N) is 2. The van der Waals surface area contributed by atoms with E-state index in [1.165, 1.54) is 12.1 Å². The van der Waals surface area contributed by atoms with Crippen LogP contribution in [0.5, 0.6) is 0 Å². The van der Waals surface area contributed by atoms with E-state index in [1.54, 1.807) is 11.0 Å². The second-order valence-electron chi connectivity index (χ2n) is 6.10. The zero-order valence-corrected chi connectivity index (χ0v) is 13.5. The third-order valence-corrected chi connectivity index (χ3v) is 4.45. The van der Waals surface area contributed by atoms with Gasteiger partial charge in [0.15, 0.2) is 0 Å². The number of ether oxygens (including phenoxy) is 1. The first kappa shape index (κ1) is 16.9. The first-order valence-corrected chi connectivity index (χ1v) is 8.25. The number of amides is 2. The van der Waals surface area contributed by atoms with E-state index in [-0.39, 0.29) is 24.1 Å². The lowest BCUT2D eigenvalue weighted by atomic mass is 10.1. The van der Waals surface area contributed by atoms with Crippen LogP contribution in [0.2, 0.25) is 0 Å². The number of carbonyl (C=O) groups excluding carboxylic acids is 2. The van der Waals surface area contributed by atoms with Crippen molar-refractivity contribution in [3.63, 3.8) is 0 Å². The highest BCUT2D eigenvalue weighted by atomic mass is 19.1. The minimum absolute atomic E-state index is 0.0374. The third kappa shape index (κ3) is 4.10. The smallest absolute Gasteiger partial charge is 0.237 e. The molecule has 0 unspecified atom stereocenters. The van der Waals surface area contributed by atoms with Crippen molar-refractivity contribution >= 4 is 11.8 Å². The monoisotopic (exact) mass is 335 g/mol. The summed E-state index contributed by atoms with van der Waals surface area (Å²) in [5.74, 6) is -0.473. The van der Waals surface area contributed by atoms with E-state index in [0.717, 1.165) is 5.56 Å². The number of hydrogen-bond acceptors (Lipinski definition) is 4. The number of halogens is 1. The Morgan fingerprint density at radius 3 is 2.83 bits per heavy atom. The van der Waals surface area contributed by atoms with Gasteiger partial charge in [-0.3, -0.25) is 14.5 Å². The van der Waals surface area contributed by atoms with Gasteiger partial charge in [-0.25, -0.2) is 4.39 Å². The zero-order valence-electron chi connectivity index (χ0n) is 13.5. The Labute approximate surface area is 140 Å². The van der Waals surface area contributed by atoms with Gasteiger partial charge in [0, 0.05) is 32.7 Å². The fourth-order valence-corrected chi connectivity index (χ4v) is 3.15. The van der Waals surface area contributed by atoms with Crippen molar-refractivity contribution in [2.24, 2.45) is 0 Å². The number of piperazine rings is 1. The van der Waals surface area contributed by atoms with E-state index in [4.69, 9.17) is 4.74 Å². The zero-order chi connectivity index (χ0) is 16.9. The lowest BCUT2D eigenvalue weighted by Gasteiger charge is -2.36. The number of hydrogen-bond donors (Lipinski definition) is 1. The van der Waals surface area contributed by atoms with Gasteiger partial charge in [-0.05, 0) is 17.7 Å². The van der Waals surface area contributed by atoms with Crippen LogP contribution < -0.4 is 5.32 Å². The van der Waals surface area contributed by atoms with Crippen molar-refractivity contribution < 1.29 is 18.7 Å². The predicted molar refractivity (Wildman–Crippen MR) is 85.6 cm³/mol. The maximum Gasteiger partial charge on any atom is 0.237 e. The average Bonchev–Trinajstić information content (AvgIpc) is 2.59. The molecular formula is C17H22FN3O3. The highest BCUT2D eigenvalue weighted by molar-refractivity contribution is 5.88. The van der Waals surface area contributed by atoms with Crippen LogP contribution in [0.4, 0.5) is 4.39 Å². The Morgan fingerprint density at radius 2 is 2.08 bits per heavy atom. The van der Waals surface area contributed by atoms with E-state index in [2.05, 4.69) is 5.32 Å². The number of morpholine rings is 1. The van der Waals surface area contributed by atoms with Crippen LogP contribution in [0.25, 0.3) is 0 Å². The van der Waals surface area contributed by atoms with Crippen molar-refractivity contribution in [1.82, 2.24) is 15.1 Å². The van der Waals surface area contributed by atoms with Gasteiger partial charge in [0.05, 0.1) is 25.7 Å². The van der Waals surface area contributed by atoms with Gasteiger partial charge in [-0.2, -0.15) is 0 Å². The molecule has 3 rings (SSSR count). The summed E-state index contributed by atoms with van der Waals surface area (Å²) in [6, 6.07) is 5.83. The van der Waals surface area contributed by atoms with E-state index < -0.39 is 6.04 Å². The fourth-order valence-electron chi connectivity index (χ4n) is 3.15. The average molecular weight is 335 g/mol. The van der Waals surface area contributed by atoms with E-state index >= 15 is 0 Å². The lowest BCUT2D eigenvalue weighted by Crippen LogP contribution is -2.56. The third-order valence-electron chi connectivity index (χ3n) is 4.45. The molecule has 0 bridgehead atoms. The summed E-state index contributed by atoms with van der Waals surface area (Å²) in [5.41, 5.74) is 0.800. The normalized spacial score (nSPS) is 22.3. The Morgan fingerprint density at radius 1 is 1.29 bits per heavy atom. The molecule has 1 atom stereocenters. The first-order chi connectivity index (χ1) is 11.6. The largest absolute Gasteiger partial charge is 0.378 e. The summed E-state index contributed by atoms with van der Waals surface area (Å²) < 4.78 is 18.6. The molecule has 0 spiro atoms. The van der Waals surface area contributed by atoms with E-state index in [1.807, 2.05) is 11.0 Å². The van der Waals surface area contributed by atoms with Gasteiger partial charge in [0.1, 0.15) is 5.82 Å². The minimum Gasteiger partial charge on any atom is -0.378 e. The van der Waals surface area contributed by atoms with Gasteiger partial charge in [0.2, 0.25) is 11.8 Å². The Balaban J connectivity index is 1.67. The van der Waals surface area contributed by atoms with Crippen LogP contribution in [0, 0.1) is 5.82 Å². The van der Waals surface area contributed by atoms with Crippen LogP contribution >= 0.6 is 0 Å². The SMILES string of the molecule is O=C1NCCN(Cc2cccc(F)c2)[C@H]1CC(=O)N1CCOCC1. The van der Waals surface area contributed by atoms with Crippen molar-refractivity contribution in [2.75, 3.05) is 39.4 Å². The molecule has 2 heterocycles. The molecule has 0 radical (unpaired) electrons. The Kier molecular flexibility index (Phi) is 5.42. The first-order valence-electron chi connectivity index (χ1n) is 8.25. The number of nitrogens with one attached hydrogen (secondary N) is 1. The fraction of sp³-hybridized carbons (Fsp3) is 0.529. The molecule has 2 aliphatic heterocycles. The van der Waals surface area contributed by atoms with E-state index in [9.17, 15) is 14.0 Å². The second kappa shape index (κ2) is 7.72. The number of rotatable bonds is 4. The number of benzene rings is 1. The van der Waals surface area contributed by atoms with Gasteiger partial charge < -0.3 is 15.0 Å². The summed E-state index contributed by atoms with van der Waals surface area (Å²) in [7, 11) is 0. The predicted octanol–water partition coefficient (Wildman–Crippen LogP) is 0.375. The quantitative estimate of drug-likeness (QED) is 0.864. The lowest BCUT2D eigenvalue weighted by molar-refractivity contribution is -0.141. The standard InChI is InChI=1S/C17H22FN3O3/c18-14-3-1-2-13(10-14)12-21-5-4-19-17(23)15(21)11-16(22)20-6-8-24-9-7-20/h1-3,10,15H,4-9,11-12H2,(H,19,23)/t15-/m0/s1. The highest BCUT2D eigenvalue weighted by Crippen LogP contribution is 2.16. The Hall–Kier alpha value is -1.99. The van der Waals surface area contributed by atoms with Crippen LogP contribution in [0.3, 0.4) is 0 Å². The molecule has 1 aromatic rings. The summed E-state index contributed by atoms with van der Waals surface area (Å²) >= 11 is 0.